The minimum absolute atomic E-state index is 0. The molecule has 306 valence electrons. The van der Waals surface area contributed by atoms with Crippen molar-refractivity contribution < 1.29 is 39.5 Å². The van der Waals surface area contributed by atoms with E-state index < -0.39 is 22.4 Å². The van der Waals surface area contributed by atoms with Gasteiger partial charge in [-0.1, -0.05) is 163 Å². The van der Waals surface area contributed by atoms with Crippen LogP contribution in [0.4, 0.5) is 0 Å². The molecular weight excluding hydrogens is 873 g/mol. The number of Topliss-reactive ketones (excluding diaryl/α,β-unsaturated/α-hetero) is 2. The summed E-state index contributed by atoms with van der Waals surface area (Å²) in [4.78, 5) is 25.2. The smallest absolute Gasteiger partial charge is 0.781 e. The molecule has 2 fully saturated rings. The molecule has 2 heterocycles. The van der Waals surface area contributed by atoms with Gasteiger partial charge in [0, 0.05) is 26.4 Å². The molecule has 7 rings (SSSR count). The molecule has 9 heteroatoms. The Hall–Kier alpha value is -2.42. The number of carbonyl (C=O) groups excluding carboxylic acids is 2. The number of ketones is 2. The van der Waals surface area contributed by atoms with Gasteiger partial charge in [-0.3, -0.25) is 9.59 Å². The molecule has 2 saturated heterocycles. The van der Waals surface area contributed by atoms with Gasteiger partial charge in [0.25, 0.3) is 0 Å². The third-order valence-corrected chi connectivity index (χ3v) is 15.6. The van der Waals surface area contributed by atoms with Crippen LogP contribution in [0, 0.1) is 10.8 Å². The van der Waals surface area contributed by atoms with E-state index in [1.807, 2.05) is 41.5 Å². The molecule has 4 nitrogen and oxygen atoms in total. The second-order valence-corrected chi connectivity index (χ2v) is 21.3. The van der Waals surface area contributed by atoms with Crippen LogP contribution in [0.1, 0.15) is 67.2 Å². The molecule has 0 saturated carbocycles. The molecule has 0 N–H and O–H groups in total. The number of carbonyl (C=O) groups is 2. The van der Waals surface area contributed by atoms with Crippen molar-refractivity contribution in [1.82, 2.24) is 0 Å². The molecule has 2 aliphatic heterocycles. The molecule has 0 aromatic heterocycles. The van der Waals surface area contributed by atoms with Crippen LogP contribution in [-0.2, 0) is 64.7 Å². The van der Waals surface area contributed by atoms with Crippen LogP contribution in [0.15, 0.2) is 142 Å². The summed E-state index contributed by atoms with van der Waals surface area (Å²) in [5.74, 6) is -0.989. The molecule has 3 aliphatic rings. The monoisotopic (exact) mass is 930 g/mol. The van der Waals surface area contributed by atoms with Crippen molar-refractivity contribution in [3.63, 3.8) is 0 Å². The first kappa shape index (κ1) is 48.9. The summed E-state index contributed by atoms with van der Waals surface area (Å²) in [6.45, 7) is 15.2. The van der Waals surface area contributed by atoms with Gasteiger partial charge in [-0.15, -0.1) is 0 Å². The predicted molar refractivity (Wildman–Crippen MR) is 246 cm³/mol. The Bertz CT molecular complexity index is 1630. The van der Waals surface area contributed by atoms with Crippen LogP contribution in [-0.4, -0.2) is 50.3 Å². The topological polar surface area (TPSA) is 52.6 Å². The minimum Gasteiger partial charge on any atom is -0.781 e. The maximum Gasteiger partial charge on any atom is 2.00 e. The molecule has 0 atom stereocenters. The zero-order chi connectivity index (χ0) is 40.6. The number of allylic oxidation sites excluding steroid dienone is 2. The molecular formula is C48H58O4P2PdS2. The average molecular weight is 931 g/mol. The van der Waals surface area contributed by atoms with E-state index in [1.54, 1.807) is 0 Å². The van der Waals surface area contributed by atoms with Gasteiger partial charge in [0.2, 0.25) is 11.6 Å². The second kappa shape index (κ2) is 24.6. The number of hydrogen-bond acceptors (Lipinski definition) is 6. The molecule has 0 unspecified atom stereocenters. The molecule has 0 radical (unpaired) electrons. The molecule has 1 aliphatic carbocycles. The molecule has 0 amide bonds. The quantitative estimate of drug-likeness (QED) is 0.0606. The van der Waals surface area contributed by atoms with E-state index in [0.717, 1.165) is 26.4 Å². The Balaban J connectivity index is 0.000000254. The maximum atomic E-state index is 12.2. The van der Waals surface area contributed by atoms with Crippen molar-refractivity contribution in [2.24, 2.45) is 10.8 Å². The average Bonchev–Trinajstić information content (AvgIpc) is 3.98. The van der Waals surface area contributed by atoms with Crippen LogP contribution in [0.5, 0.6) is 0 Å². The summed E-state index contributed by atoms with van der Waals surface area (Å²) in [6.07, 6.45) is 7.53. The van der Waals surface area contributed by atoms with Crippen molar-refractivity contribution in [3.8, 4) is 0 Å². The van der Waals surface area contributed by atoms with Crippen LogP contribution >= 0.6 is 15.8 Å². The predicted octanol–water partition coefficient (Wildman–Crippen LogP) is 9.68. The van der Waals surface area contributed by atoms with Gasteiger partial charge in [0.15, 0.2) is 0 Å². The first-order chi connectivity index (χ1) is 26.8. The summed E-state index contributed by atoms with van der Waals surface area (Å²) in [5, 5.41) is 5.89. The third-order valence-electron chi connectivity index (χ3n) is 9.29. The Labute approximate surface area is 370 Å². The van der Waals surface area contributed by atoms with Gasteiger partial charge in [0.05, 0.1) is 0 Å². The van der Waals surface area contributed by atoms with Gasteiger partial charge in [-0.05, 0) is 97.0 Å². The van der Waals surface area contributed by atoms with E-state index >= 15 is 0 Å². The van der Waals surface area contributed by atoms with E-state index in [-0.39, 0.29) is 36.3 Å². The van der Waals surface area contributed by atoms with E-state index in [9.17, 15) is 9.59 Å². The number of hydrogen-bond donors (Lipinski definition) is 0. The Morgan fingerprint density at radius 1 is 0.456 bits per heavy atom. The van der Waals surface area contributed by atoms with Crippen molar-refractivity contribution in [2.75, 3.05) is 38.8 Å². The second-order valence-electron chi connectivity index (χ2n) is 15.9. The zero-order valence-corrected chi connectivity index (χ0v) is 39.3. The Morgan fingerprint density at radius 3 is 0.860 bits per heavy atom. The minimum atomic E-state index is -0.494. The van der Waals surface area contributed by atoms with Crippen molar-refractivity contribution in [3.05, 3.63) is 142 Å². The fourth-order valence-corrected chi connectivity index (χ4v) is 12.8. The van der Waals surface area contributed by atoms with Crippen molar-refractivity contribution >= 4 is 73.9 Å². The van der Waals surface area contributed by atoms with E-state index in [1.165, 1.54) is 59.2 Å². The number of ether oxygens (including phenoxy) is 2. The fourth-order valence-electron chi connectivity index (χ4n) is 6.49. The molecule has 4 aromatic rings. The Morgan fingerprint density at radius 2 is 0.684 bits per heavy atom. The van der Waals surface area contributed by atoms with Gasteiger partial charge in [0.1, 0.15) is 0 Å². The van der Waals surface area contributed by atoms with Crippen LogP contribution < -0.4 is 21.2 Å². The fraction of sp³-hybridized carbons (Fsp3) is 0.375. The summed E-state index contributed by atoms with van der Waals surface area (Å²) in [7, 11) is -0.696. The molecule has 57 heavy (non-hydrogen) atoms. The summed E-state index contributed by atoms with van der Waals surface area (Å²) in [5.41, 5.74) is -0.171. The summed E-state index contributed by atoms with van der Waals surface area (Å²) in [6, 6.07) is 44.2. The SMILES string of the molecule is C1CCOC1.C1CCOC1.CC(C)(C)C1=C([S-])C([S-])=C(C(C)(C)C)C(=O)C1=O.[Pd+2].c1ccc(P(CCP(c2ccccc2)c2ccccc2)c2ccccc2)cc1. The standard InChI is InChI=1S/C26H24P2.C14H20O2S2.2C4H8O.Pd/c1-5-13-23(14-6-1)27(24-15-7-2-8-16-24)21-22-28(25-17-9-3-10-18-25)26-19-11-4-12-20-26;1-13(2,3)7-9(15)10(16)8(14(4,5)6)12(18)11(7)17;2*1-2-4-5-3-1;/h1-20H,21-22H2;17-18H,1-6H3;2*1-4H2;/q;;;;+2/p-2. The van der Waals surface area contributed by atoms with Gasteiger partial charge in [-0.25, -0.2) is 0 Å². The number of rotatable bonds is 7. The van der Waals surface area contributed by atoms with E-state index in [4.69, 9.17) is 34.7 Å². The first-order valence-corrected chi connectivity index (χ1v) is 23.5. The van der Waals surface area contributed by atoms with Gasteiger partial charge in [-0.2, -0.15) is 9.81 Å². The van der Waals surface area contributed by atoms with E-state index in [2.05, 4.69) is 121 Å². The summed E-state index contributed by atoms with van der Waals surface area (Å²) >= 11 is 10.6. The molecule has 0 spiro atoms. The number of benzene rings is 4. The van der Waals surface area contributed by atoms with E-state index in [0.29, 0.717) is 21.0 Å². The van der Waals surface area contributed by atoms with Gasteiger partial charge < -0.3 is 34.7 Å². The van der Waals surface area contributed by atoms with Gasteiger partial charge >= 0.3 is 20.4 Å². The maximum absolute atomic E-state index is 12.2. The summed E-state index contributed by atoms with van der Waals surface area (Å²) < 4.78 is 9.89. The van der Waals surface area contributed by atoms with Crippen LogP contribution in [0.25, 0.3) is 0 Å². The van der Waals surface area contributed by atoms with Crippen LogP contribution in [0.3, 0.4) is 0 Å². The largest absolute Gasteiger partial charge is 2.00 e. The molecule has 0 bridgehead atoms. The normalized spacial score (nSPS) is 15.6. The van der Waals surface area contributed by atoms with Crippen molar-refractivity contribution in [1.29, 1.82) is 0 Å². The third kappa shape index (κ3) is 15.3. The Kier molecular flexibility index (Phi) is 21.1. The first-order valence-electron chi connectivity index (χ1n) is 19.6. The zero-order valence-electron chi connectivity index (χ0n) is 34.3. The van der Waals surface area contributed by atoms with Crippen molar-refractivity contribution in [2.45, 2.75) is 67.2 Å². The van der Waals surface area contributed by atoms with Crippen LogP contribution in [0.2, 0.25) is 0 Å². The molecule has 4 aromatic carbocycles.